The third-order valence-corrected chi connectivity index (χ3v) is 3.08. The Kier molecular flexibility index (Phi) is 4.20. The quantitative estimate of drug-likeness (QED) is 0.824. The lowest BCUT2D eigenvalue weighted by molar-refractivity contribution is 0.409. The van der Waals surface area contributed by atoms with Crippen molar-refractivity contribution >= 4 is 0 Å². The van der Waals surface area contributed by atoms with Crippen LogP contribution in [0.15, 0.2) is 29.2 Å². The number of furan rings is 1. The normalized spacial score (nSPS) is 13.1. The van der Waals surface area contributed by atoms with Gasteiger partial charge in [-0.15, -0.1) is 0 Å². The van der Waals surface area contributed by atoms with Gasteiger partial charge in [0.2, 0.25) is 0 Å². The maximum atomic E-state index is 5.81. The van der Waals surface area contributed by atoms with Gasteiger partial charge in [-0.25, -0.2) is 4.98 Å². The molecule has 0 amide bonds. The Morgan fingerprint density at radius 2 is 2.28 bits per heavy atom. The van der Waals surface area contributed by atoms with Crippen molar-refractivity contribution < 1.29 is 4.42 Å². The first-order chi connectivity index (χ1) is 8.69. The first kappa shape index (κ1) is 12.9. The summed E-state index contributed by atoms with van der Waals surface area (Å²) < 4.78 is 5.07. The largest absolute Gasteiger partial charge is 0.472 e. The molecule has 3 N–H and O–H groups in total. The van der Waals surface area contributed by atoms with Crippen LogP contribution < -0.4 is 5.73 Å². The minimum atomic E-state index is 0.494. The molecule has 0 aliphatic rings. The van der Waals surface area contributed by atoms with E-state index in [2.05, 4.69) is 23.8 Å². The van der Waals surface area contributed by atoms with Gasteiger partial charge in [0.25, 0.3) is 0 Å². The number of nitrogens with zero attached hydrogens (tertiary/aromatic N) is 1. The van der Waals surface area contributed by atoms with E-state index in [9.17, 15) is 0 Å². The molecule has 98 valence electrons. The first-order valence-electron chi connectivity index (χ1n) is 6.45. The molecule has 4 nitrogen and oxygen atoms in total. The van der Waals surface area contributed by atoms with Crippen molar-refractivity contribution in [1.82, 2.24) is 9.97 Å². The molecule has 0 saturated carbocycles. The van der Waals surface area contributed by atoms with Gasteiger partial charge in [0.05, 0.1) is 24.4 Å². The third kappa shape index (κ3) is 3.23. The topological polar surface area (TPSA) is 67.8 Å². The van der Waals surface area contributed by atoms with Gasteiger partial charge < -0.3 is 15.1 Å². The van der Waals surface area contributed by atoms with Crippen LogP contribution >= 0.6 is 0 Å². The molecule has 0 aromatic carbocycles. The number of aromatic nitrogens is 2. The monoisotopic (exact) mass is 247 g/mol. The summed E-state index contributed by atoms with van der Waals surface area (Å²) in [5.41, 5.74) is 7.84. The summed E-state index contributed by atoms with van der Waals surface area (Å²) in [5, 5.41) is 0. The average Bonchev–Trinajstić information content (AvgIpc) is 2.97. The van der Waals surface area contributed by atoms with Crippen LogP contribution in [0.2, 0.25) is 0 Å². The Balaban J connectivity index is 2.01. The lowest BCUT2D eigenvalue weighted by atomic mass is 9.94. The zero-order valence-corrected chi connectivity index (χ0v) is 11.0. The highest BCUT2D eigenvalue weighted by Gasteiger charge is 2.12. The first-order valence-corrected chi connectivity index (χ1v) is 6.45. The number of rotatable bonds is 6. The van der Waals surface area contributed by atoms with Crippen LogP contribution in [-0.2, 0) is 6.42 Å². The SMILES string of the molecule is CC(C)CC(CN)Cc1ncc(-c2ccoc2)[nH]1. The van der Waals surface area contributed by atoms with Crippen LogP contribution in [0.3, 0.4) is 0 Å². The van der Waals surface area contributed by atoms with Crippen LogP contribution in [-0.4, -0.2) is 16.5 Å². The molecule has 0 aliphatic carbocycles. The second kappa shape index (κ2) is 5.87. The third-order valence-electron chi connectivity index (χ3n) is 3.08. The molecule has 2 aromatic heterocycles. The summed E-state index contributed by atoms with van der Waals surface area (Å²) in [4.78, 5) is 7.74. The van der Waals surface area contributed by atoms with E-state index in [0.717, 1.165) is 29.9 Å². The number of aromatic amines is 1. The van der Waals surface area contributed by atoms with E-state index in [1.54, 1.807) is 12.5 Å². The Bertz CT molecular complexity index is 459. The van der Waals surface area contributed by atoms with Gasteiger partial charge >= 0.3 is 0 Å². The van der Waals surface area contributed by atoms with E-state index in [4.69, 9.17) is 10.2 Å². The molecule has 4 heteroatoms. The fraction of sp³-hybridized carbons (Fsp3) is 0.500. The minimum Gasteiger partial charge on any atom is -0.472 e. The van der Waals surface area contributed by atoms with Gasteiger partial charge in [-0.3, -0.25) is 0 Å². The summed E-state index contributed by atoms with van der Waals surface area (Å²) in [5.74, 6) is 2.16. The molecule has 1 atom stereocenters. The van der Waals surface area contributed by atoms with Crippen LogP contribution in [0.4, 0.5) is 0 Å². The predicted octanol–water partition coefficient (Wildman–Crippen LogP) is 2.83. The van der Waals surface area contributed by atoms with Gasteiger partial charge in [-0.2, -0.15) is 0 Å². The van der Waals surface area contributed by atoms with E-state index in [-0.39, 0.29) is 0 Å². The van der Waals surface area contributed by atoms with Crippen molar-refractivity contribution in [2.45, 2.75) is 26.7 Å². The lowest BCUT2D eigenvalue weighted by Gasteiger charge is -2.15. The zero-order chi connectivity index (χ0) is 13.0. The van der Waals surface area contributed by atoms with Crippen LogP contribution in [0.1, 0.15) is 26.1 Å². The van der Waals surface area contributed by atoms with E-state index in [0.29, 0.717) is 18.4 Å². The van der Waals surface area contributed by atoms with Gasteiger partial charge in [0, 0.05) is 12.0 Å². The molecule has 0 spiro atoms. The molecule has 0 radical (unpaired) electrons. The second-order valence-electron chi connectivity index (χ2n) is 5.19. The maximum Gasteiger partial charge on any atom is 0.106 e. The number of hydrogen-bond acceptors (Lipinski definition) is 3. The van der Waals surface area contributed by atoms with Crippen molar-refractivity contribution in [3.05, 3.63) is 30.6 Å². The second-order valence-corrected chi connectivity index (χ2v) is 5.19. The minimum absolute atomic E-state index is 0.494. The Morgan fingerprint density at radius 3 is 2.89 bits per heavy atom. The number of imidazole rings is 1. The molecule has 0 fully saturated rings. The number of H-pyrrole nitrogens is 1. The number of hydrogen-bond donors (Lipinski definition) is 2. The van der Waals surface area contributed by atoms with Gasteiger partial charge in [0.1, 0.15) is 5.82 Å². The van der Waals surface area contributed by atoms with E-state index >= 15 is 0 Å². The van der Waals surface area contributed by atoms with Crippen molar-refractivity contribution in [3.8, 4) is 11.3 Å². The molecule has 2 rings (SSSR count). The average molecular weight is 247 g/mol. The van der Waals surface area contributed by atoms with Crippen LogP contribution in [0, 0.1) is 11.8 Å². The van der Waals surface area contributed by atoms with E-state index in [1.807, 2.05) is 12.3 Å². The molecular weight excluding hydrogens is 226 g/mol. The van der Waals surface area contributed by atoms with Crippen LogP contribution in [0.5, 0.6) is 0 Å². The van der Waals surface area contributed by atoms with Gasteiger partial charge in [0.15, 0.2) is 0 Å². The lowest BCUT2D eigenvalue weighted by Crippen LogP contribution is -2.19. The molecule has 0 saturated heterocycles. The summed E-state index contributed by atoms with van der Waals surface area (Å²) in [6.45, 7) is 5.16. The highest BCUT2D eigenvalue weighted by Crippen LogP contribution is 2.19. The number of nitrogens with two attached hydrogens (primary N) is 1. The van der Waals surface area contributed by atoms with Gasteiger partial charge in [-0.1, -0.05) is 13.8 Å². The van der Waals surface area contributed by atoms with Crippen molar-refractivity contribution in [2.75, 3.05) is 6.54 Å². The highest BCUT2D eigenvalue weighted by atomic mass is 16.3. The fourth-order valence-corrected chi connectivity index (χ4v) is 2.23. The van der Waals surface area contributed by atoms with Crippen molar-refractivity contribution in [1.29, 1.82) is 0 Å². The molecule has 18 heavy (non-hydrogen) atoms. The summed E-state index contributed by atoms with van der Waals surface area (Å²) in [6, 6.07) is 1.92. The Hall–Kier alpha value is -1.55. The predicted molar refractivity (Wildman–Crippen MR) is 72.0 cm³/mol. The molecular formula is C14H21N3O. The number of nitrogens with one attached hydrogen (secondary N) is 1. The standard InChI is InChI=1S/C14H21N3O/c1-10(2)5-11(7-15)6-14-16-8-13(17-14)12-3-4-18-9-12/h3-4,8-11H,5-7,15H2,1-2H3,(H,16,17). The van der Waals surface area contributed by atoms with Gasteiger partial charge in [-0.05, 0) is 30.9 Å². The Morgan fingerprint density at radius 1 is 1.44 bits per heavy atom. The molecule has 0 bridgehead atoms. The van der Waals surface area contributed by atoms with Crippen LogP contribution in [0.25, 0.3) is 11.3 Å². The fourth-order valence-electron chi connectivity index (χ4n) is 2.23. The molecule has 0 aliphatic heterocycles. The zero-order valence-electron chi connectivity index (χ0n) is 11.0. The van der Waals surface area contributed by atoms with Crippen molar-refractivity contribution in [3.63, 3.8) is 0 Å². The van der Waals surface area contributed by atoms with E-state index < -0.39 is 0 Å². The van der Waals surface area contributed by atoms with Crippen molar-refractivity contribution in [2.24, 2.45) is 17.6 Å². The molecule has 2 aromatic rings. The summed E-state index contributed by atoms with van der Waals surface area (Å²) >= 11 is 0. The Labute approximate surface area is 108 Å². The van der Waals surface area contributed by atoms with E-state index in [1.165, 1.54) is 0 Å². The maximum absolute atomic E-state index is 5.81. The molecule has 2 heterocycles. The molecule has 1 unspecified atom stereocenters. The summed E-state index contributed by atoms with van der Waals surface area (Å²) in [7, 11) is 0. The summed E-state index contributed by atoms with van der Waals surface area (Å²) in [6.07, 6.45) is 7.27. The smallest absolute Gasteiger partial charge is 0.106 e. The highest BCUT2D eigenvalue weighted by molar-refractivity contribution is 5.56.